The molecule has 24 heavy (non-hydrogen) atoms. The number of ether oxygens (including phenoxy) is 2. The van der Waals surface area contributed by atoms with E-state index in [1.165, 1.54) is 6.42 Å². The van der Waals surface area contributed by atoms with Crippen LogP contribution in [0.15, 0.2) is 24.5 Å². The molecule has 2 aliphatic heterocycles. The lowest BCUT2D eigenvalue weighted by atomic mass is 9.77. The zero-order valence-corrected chi connectivity index (χ0v) is 14.2. The molecule has 4 rings (SSSR count). The summed E-state index contributed by atoms with van der Waals surface area (Å²) in [6.45, 7) is 3.74. The Kier molecular flexibility index (Phi) is 4.55. The van der Waals surface area contributed by atoms with Gasteiger partial charge in [-0.25, -0.2) is 0 Å². The fraction of sp³-hybridized carbons (Fsp3) is 0.684. The van der Waals surface area contributed by atoms with E-state index in [4.69, 9.17) is 9.47 Å². The predicted octanol–water partition coefficient (Wildman–Crippen LogP) is 2.41. The summed E-state index contributed by atoms with van der Waals surface area (Å²) in [7, 11) is 0. The highest BCUT2D eigenvalue weighted by Crippen LogP contribution is 2.43. The van der Waals surface area contributed by atoms with Crippen LogP contribution in [0.4, 0.5) is 0 Å². The second-order valence-corrected chi connectivity index (χ2v) is 7.42. The van der Waals surface area contributed by atoms with Gasteiger partial charge in [0.1, 0.15) is 5.60 Å². The smallest absolute Gasteiger partial charge is 0.225 e. The molecule has 1 atom stereocenters. The van der Waals surface area contributed by atoms with Crippen molar-refractivity contribution in [1.82, 2.24) is 9.88 Å². The van der Waals surface area contributed by atoms with E-state index in [2.05, 4.69) is 4.98 Å². The molecule has 1 aromatic rings. The molecule has 1 saturated carbocycles. The zero-order valence-electron chi connectivity index (χ0n) is 14.2. The molecule has 2 saturated heterocycles. The SMILES string of the molecule is O=C(C1CCC1)N1CC2(C1)OCCC2CCOCc1cccnc1. The highest BCUT2D eigenvalue weighted by Gasteiger charge is 2.54. The molecule has 5 nitrogen and oxygen atoms in total. The molecule has 0 N–H and O–H groups in total. The number of hydrogen-bond donors (Lipinski definition) is 0. The summed E-state index contributed by atoms with van der Waals surface area (Å²) in [5, 5.41) is 0. The van der Waals surface area contributed by atoms with Gasteiger partial charge in [0.05, 0.1) is 19.7 Å². The molecule has 3 aliphatic rings. The van der Waals surface area contributed by atoms with Crippen molar-refractivity contribution < 1.29 is 14.3 Å². The van der Waals surface area contributed by atoms with Crippen molar-refractivity contribution in [1.29, 1.82) is 0 Å². The summed E-state index contributed by atoms with van der Waals surface area (Å²) < 4.78 is 11.9. The van der Waals surface area contributed by atoms with Gasteiger partial charge in [-0.3, -0.25) is 9.78 Å². The second-order valence-electron chi connectivity index (χ2n) is 7.42. The number of likely N-dealkylation sites (tertiary alicyclic amines) is 1. The average molecular weight is 330 g/mol. The molecule has 0 radical (unpaired) electrons. The maximum absolute atomic E-state index is 12.3. The minimum absolute atomic E-state index is 0.0862. The molecule has 3 heterocycles. The summed E-state index contributed by atoms with van der Waals surface area (Å²) >= 11 is 0. The van der Waals surface area contributed by atoms with Crippen molar-refractivity contribution >= 4 is 5.91 Å². The van der Waals surface area contributed by atoms with Gasteiger partial charge in [0.15, 0.2) is 0 Å². The van der Waals surface area contributed by atoms with Gasteiger partial charge < -0.3 is 14.4 Å². The molecule has 5 heteroatoms. The normalized spacial score (nSPS) is 25.5. The standard InChI is InChI=1S/C19H26N2O3/c22-18(16-4-1-5-16)21-13-19(14-21)17(7-10-24-19)6-9-23-12-15-3-2-8-20-11-15/h2-3,8,11,16-17H,1,4-7,9-10,12-14H2. The first-order valence-corrected chi connectivity index (χ1v) is 9.16. The Labute approximate surface area is 143 Å². The van der Waals surface area contributed by atoms with Crippen LogP contribution in [0.2, 0.25) is 0 Å². The van der Waals surface area contributed by atoms with Crippen LogP contribution in [0.1, 0.15) is 37.7 Å². The van der Waals surface area contributed by atoms with Crippen molar-refractivity contribution in [3.63, 3.8) is 0 Å². The maximum Gasteiger partial charge on any atom is 0.225 e. The zero-order chi connectivity index (χ0) is 16.4. The number of nitrogens with zero attached hydrogens (tertiary/aromatic N) is 2. The molecular formula is C19H26N2O3. The van der Waals surface area contributed by atoms with E-state index in [9.17, 15) is 4.79 Å². The third-order valence-corrected chi connectivity index (χ3v) is 5.89. The Morgan fingerprint density at radius 2 is 2.25 bits per heavy atom. The molecule has 1 spiro atoms. The molecule has 0 bridgehead atoms. The Morgan fingerprint density at radius 3 is 2.96 bits per heavy atom. The molecule has 1 aromatic heterocycles. The quantitative estimate of drug-likeness (QED) is 0.752. The van der Waals surface area contributed by atoms with E-state index in [1.54, 1.807) is 6.20 Å². The topological polar surface area (TPSA) is 51.7 Å². The number of amides is 1. The minimum Gasteiger partial charge on any atom is -0.377 e. The van der Waals surface area contributed by atoms with E-state index < -0.39 is 0 Å². The largest absolute Gasteiger partial charge is 0.377 e. The van der Waals surface area contributed by atoms with Crippen LogP contribution in [-0.4, -0.2) is 47.7 Å². The Morgan fingerprint density at radius 1 is 1.38 bits per heavy atom. The lowest BCUT2D eigenvalue weighted by molar-refractivity contribution is -0.172. The predicted molar refractivity (Wildman–Crippen MR) is 89.2 cm³/mol. The van der Waals surface area contributed by atoms with Gasteiger partial charge in [-0.05, 0) is 43.2 Å². The Bertz CT molecular complexity index is 567. The fourth-order valence-electron chi connectivity index (χ4n) is 4.11. The molecule has 1 amide bonds. The van der Waals surface area contributed by atoms with Crippen molar-refractivity contribution in [2.24, 2.45) is 11.8 Å². The summed E-state index contributed by atoms with van der Waals surface area (Å²) in [6.07, 6.45) is 9.08. The van der Waals surface area contributed by atoms with E-state index in [1.807, 2.05) is 23.2 Å². The van der Waals surface area contributed by atoms with Gasteiger partial charge in [-0.15, -0.1) is 0 Å². The molecule has 130 valence electrons. The van der Waals surface area contributed by atoms with Gasteiger partial charge in [-0.1, -0.05) is 12.5 Å². The summed E-state index contributed by atoms with van der Waals surface area (Å²) in [4.78, 5) is 18.4. The highest BCUT2D eigenvalue weighted by atomic mass is 16.5. The summed E-state index contributed by atoms with van der Waals surface area (Å²) in [5.41, 5.74) is 1.02. The number of pyridine rings is 1. The number of hydrogen-bond acceptors (Lipinski definition) is 4. The number of carbonyl (C=O) groups is 1. The van der Waals surface area contributed by atoms with Gasteiger partial charge in [-0.2, -0.15) is 0 Å². The Balaban J connectivity index is 1.22. The van der Waals surface area contributed by atoms with E-state index in [0.717, 1.165) is 57.6 Å². The van der Waals surface area contributed by atoms with E-state index >= 15 is 0 Å². The maximum atomic E-state index is 12.3. The van der Waals surface area contributed by atoms with Gasteiger partial charge in [0, 0.05) is 31.5 Å². The molecule has 0 aromatic carbocycles. The van der Waals surface area contributed by atoms with E-state index in [-0.39, 0.29) is 5.60 Å². The van der Waals surface area contributed by atoms with Crippen LogP contribution in [0.5, 0.6) is 0 Å². The van der Waals surface area contributed by atoms with Crippen LogP contribution in [0.3, 0.4) is 0 Å². The van der Waals surface area contributed by atoms with Gasteiger partial charge in [0.2, 0.25) is 5.91 Å². The fourth-order valence-corrected chi connectivity index (χ4v) is 4.11. The average Bonchev–Trinajstić information content (AvgIpc) is 2.93. The first-order valence-electron chi connectivity index (χ1n) is 9.16. The monoisotopic (exact) mass is 330 g/mol. The van der Waals surface area contributed by atoms with Crippen LogP contribution in [0.25, 0.3) is 0 Å². The lowest BCUT2D eigenvalue weighted by Gasteiger charge is -2.51. The third-order valence-electron chi connectivity index (χ3n) is 5.89. The van der Waals surface area contributed by atoms with Crippen molar-refractivity contribution in [2.75, 3.05) is 26.3 Å². The van der Waals surface area contributed by atoms with Crippen LogP contribution in [-0.2, 0) is 20.9 Å². The number of rotatable bonds is 6. The third kappa shape index (κ3) is 3.07. The number of aromatic nitrogens is 1. The van der Waals surface area contributed by atoms with Gasteiger partial charge >= 0.3 is 0 Å². The van der Waals surface area contributed by atoms with Crippen molar-refractivity contribution in [3.05, 3.63) is 30.1 Å². The van der Waals surface area contributed by atoms with Crippen LogP contribution >= 0.6 is 0 Å². The van der Waals surface area contributed by atoms with Gasteiger partial charge in [0.25, 0.3) is 0 Å². The Hall–Kier alpha value is -1.46. The summed E-state index contributed by atoms with van der Waals surface area (Å²) in [6, 6.07) is 3.96. The lowest BCUT2D eigenvalue weighted by Crippen LogP contribution is -2.67. The van der Waals surface area contributed by atoms with Crippen molar-refractivity contribution in [3.8, 4) is 0 Å². The highest BCUT2D eigenvalue weighted by molar-refractivity contribution is 5.80. The molecule has 3 fully saturated rings. The summed E-state index contributed by atoms with van der Waals surface area (Å²) in [5.74, 6) is 1.16. The first kappa shape index (κ1) is 16.0. The number of carbonyl (C=O) groups excluding carboxylic acids is 1. The van der Waals surface area contributed by atoms with Crippen molar-refractivity contribution in [2.45, 2.75) is 44.3 Å². The van der Waals surface area contributed by atoms with E-state index in [0.29, 0.717) is 24.3 Å². The molecule has 1 unspecified atom stereocenters. The first-order chi connectivity index (χ1) is 11.8. The molecule has 1 aliphatic carbocycles. The molecular weight excluding hydrogens is 304 g/mol. The van der Waals surface area contributed by atoms with Crippen LogP contribution < -0.4 is 0 Å². The minimum atomic E-state index is -0.0862. The second kappa shape index (κ2) is 6.81. The van der Waals surface area contributed by atoms with Crippen LogP contribution in [0, 0.1) is 11.8 Å².